The van der Waals surface area contributed by atoms with Crippen LogP contribution in [0.15, 0.2) is 18.5 Å². The smallest absolute Gasteiger partial charge is 0.0917 e. The van der Waals surface area contributed by atoms with E-state index in [1.165, 1.54) is 38.5 Å². The predicted octanol–water partition coefficient (Wildman–Crippen LogP) is 5.96. The summed E-state index contributed by atoms with van der Waals surface area (Å²) >= 11 is 6.48. The molecule has 2 N–H and O–H groups in total. The highest BCUT2D eigenvalue weighted by Crippen LogP contribution is 2.69. The molecule has 1 aromatic heterocycles. The molecule has 0 radical (unpaired) electrons. The molecule has 0 amide bonds. The molecular weight excluding hydrogens is 394 g/mol. The number of hydrogen-bond donors (Lipinski definition) is 2. The molecule has 166 valence electrons. The number of halogens is 1. The second-order valence-corrected chi connectivity index (χ2v) is 12.2. The van der Waals surface area contributed by atoms with Gasteiger partial charge in [0.15, 0.2) is 0 Å². The van der Waals surface area contributed by atoms with Crippen LogP contribution in [0.3, 0.4) is 0 Å². The summed E-state index contributed by atoms with van der Waals surface area (Å²) in [4.78, 5) is 4.13. The predicted molar refractivity (Wildman–Crippen MR) is 120 cm³/mol. The van der Waals surface area contributed by atoms with Crippen molar-refractivity contribution in [3.05, 3.63) is 29.0 Å². The molecule has 0 aliphatic heterocycles. The minimum Gasteiger partial charge on any atom is -0.393 e. The van der Waals surface area contributed by atoms with Gasteiger partial charge in [0.1, 0.15) is 0 Å². The fourth-order valence-corrected chi connectivity index (χ4v) is 9.44. The molecule has 30 heavy (non-hydrogen) atoms. The second kappa shape index (κ2) is 7.18. The molecule has 3 nitrogen and oxygen atoms in total. The third-order valence-corrected chi connectivity index (χ3v) is 10.9. The fourth-order valence-electron chi connectivity index (χ4n) is 9.13. The molecule has 4 heteroatoms. The number of aromatic nitrogens is 1. The van der Waals surface area contributed by atoms with Crippen LogP contribution in [0.4, 0.5) is 0 Å². The van der Waals surface area contributed by atoms with Gasteiger partial charge in [-0.1, -0.05) is 25.4 Å². The lowest BCUT2D eigenvalue weighted by Gasteiger charge is -2.61. The Morgan fingerprint density at radius 1 is 1.03 bits per heavy atom. The maximum absolute atomic E-state index is 11.8. The Kier molecular flexibility index (Phi) is 5.08. The Labute approximate surface area is 186 Å². The van der Waals surface area contributed by atoms with Crippen LogP contribution in [-0.4, -0.2) is 21.3 Å². The molecular formula is C26H38ClNO2. The minimum absolute atomic E-state index is 0.0791. The van der Waals surface area contributed by atoms with Gasteiger partial charge in [0.05, 0.1) is 16.7 Å². The summed E-state index contributed by atoms with van der Waals surface area (Å²) in [6.45, 7) is 7.00. The van der Waals surface area contributed by atoms with Crippen molar-refractivity contribution < 1.29 is 10.2 Å². The van der Waals surface area contributed by atoms with Gasteiger partial charge in [-0.05, 0) is 111 Å². The molecule has 0 unspecified atom stereocenters. The van der Waals surface area contributed by atoms with Gasteiger partial charge in [-0.25, -0.2) is 0 Å². The highest BCUT2D eigenvalue weighted by Gasteiger charge is 2.62. The standard InChI is InChI=1S/C26H38ClNO2/c1-24-11-8-17(29)14-16(24)4-5-18-19-6-7-23(25(19,2)12-9-20(18)24)26(3,30)21-10-13-28-15-22(21)27/h10,13,15-20,23,29-30H,4-9,11-12,14H2,1-3H3/t16-,17-,18-,19-,20-,23-,24-,25-,26-/m0/s1. The van der Waals surface area contributed by atoms with Gasteiger partial charge in [0.2, 0.25) is 0 Å². The SMILES string of the molecule is C[C@]12CC[C@H](O)C[C@@H]1CC[C@@H]1[C@@H]2CC[C@@]2(C)[C@H]1CC[C@@H]2[C@@](C)(O)c1ccncc1Cl. The summed E-state index contributed by atoms with van der Waals surface area (Å²) in [5, 5.41) is 22.6. The largest absolute Gasteiger partial charge is 0.393 e. The zero-order chi connectivity index (χ0) is 21.3. The van der Waals surface area contributed by atoms with Crippen molar-refractivity contribution >= 4 is 11.6 Å². The molecule has 1 aromatic rings. The van der Waals surface area contributed by atoms with Crippen LogP contribution in [0.25, 0.3) is 0 Å². The van der Waals surface area contributed by atoms with Gasteiger partial charge in [-0.2, -0.15) is 0 Å². The molecule has 4 aliphatic rings. The van der Waals surface area contributed by atoms with E-state index in [0.29, 0.717) is 22.3 Å². The number of aliphatic hydroxyl groups is 2. The third kappa shape index (κ3) is 2.94. The lowest BCUT2D eigenvalue weighted by molar-refractivity contribution is -0.145. The Hall–Kier alpha value is -0.640. The summed E-state index contributed by atoms with van der Waals surface area (Å²) in [5.41, 5.74) is 0.476. The van der Waals surface area contributed by atoms with Crippen LogP contribution in [0, 0.1) is 40.4 Å². The number of hydrogen-bond acceptors (Lipinski definition) is 3. The summed E-state index contributed by atoms with van der Waals surface area (Å²) < 4.78 is 0. The molecule has 1 heterocycles. The summed E-state index contributed by atoms with van der Waals surface area (Å²) in [6, 6.07) is 1.91. The van der Waals surface area contributed by atoms with E-state index in [1.807, 2.05) is 13.0 Å². The zero-order valence-corrected chi connectivity index (χ0v) is 19.5. The monoisotopic (exact) mass is 431 g/mol. The van der Waals surface area contributed by atoms with Crippen molar-refractivity contribution in [1.29, 1.82) is 0 Å². The third-order valence-electron chi connectivity index (χ3n) is 10.6. The van der Waals surface area contributed by atoms with E-state index < -0.39 is 5.60 Å². The first kappa shape index (κ1) is 21.2. The van der Waals surface area contributed by atoms with Gasteiger partial charge in [-0.15, -0.1) is 0 Å². The molecule has 0 saturated heterocycles. The van der Waals surface area contributed by atoms with Crippen LogP contribution in [0.5, 0.6) is 0 Å². The van der Waals surface area contributed by atoms with Gasteiger partial charge in [0, 0.05) is 18.0 Å². The lowest BCUT2D eigenvalue weighted by Crippen LogP contribution is -2.55. The van der Waals surface area contributed by atoms with Crippen LogP contribution < -0.4 is 0 Å². The van der Waals surface area contributed by atoms with E-state index in [0.717, 1.165) is 36.7 Å². The highest BCUT2D eigenvalue weighted by molar-refractivity contribution is 6.31. The van der Waals surface area contributed by atoms with E-state index in [-0.39, 0.29) is 17.4 Å². The Bertz CT molecular complexity index is 812. The molecule has 0 bridgehead atoms. The summed E-state index contributed by atoms with van der Waals surface area (Å²) in [7, 11) is 0. The average molecular weight is 432 g/mol. The van der Waals surface area contributed by atoms with E-state index >= 15 is 0 Å². The van der Waals surface area contributed by atoms with E-state index in [2.05, 4.69) is 18.8 Å². The second-order valence-electron chi connectivity index (χ2n) is 11.8. The molecule has 4 fully saturated rings. The van der Waals surface area contributed by atoms with Crippen molar-refractivity contribution in [3.8, 4) is 0 Å². The molecule has 4 saturated carbocycles. The first-order valence-electron chi connectivity index (χ1n) is 12.2. The van der Waals surface area contributed by atoms with Crippen molar-refractivity contribution in [2.24, 2.45) is 40.4 Å². The van der Waals surface area contributed by atoms with Gasteiger partial charge < -0.3 is 10.2 Å². The fraction of sp³-hybridized carbons (Fsp3) is 0.808. The minimum atomic E-state index is -0.924. The normalized spacial score (nSPS) is 47.7. The van der Waals surface area contributed by atoms with Crippen LogP contribution >= 0.6 is 11.6 Å². The quantitative estimate of drug-likeness (QED) is 0.607. The Morgan fingerprint density at radius 3 is 2.53 bits per heavy atom. The van der Waals surface area contributed by atoms with Crippen LogP contribution in [-0.2, 0) is 5.60 Å². The number of rotatable bonds is 2. The van der Waals surface area contributed by atoms with E-state index in [1.54, 1.807) is 12.4 Å². The zero-order valence-electron chi connectivity index (χ0n) is 18.8. The van der Waals surface area contributed by atoms with Crippen molar-refractivity contribution in [1.82, 2.24) is 4.98 Å². The lowest BCUT2D eigenvalue weighted by atomic mass is 9.44. The van der Waals surface area contributed by atoms with Crippen molar-refractivity contribution in [3.63, 3.8) is 0 Å². The average Bonchev–Trinajstić information content (AvgIpc) is 3.07. The molecule has 0 aromatic carbocycles. The van der Waals surface area contributed by atoms with Gasteiger partial charge in [0.25, 0.3) is 0 Å². The van der Waals surface area contributed by atoms with E-state index in [9.17, 15) is 10.2 Å². The maximum atomic E-state index is 11.8. The van der Waals surface area contributed by atoms with Gasteiger partial charge in [-0.3, -0.25) is 4.98 Å². The molecule has 9 atom stereocenters. The number of nitrogens with zero attached hydrogens (tertiary/aromatic N) is 1. The summed E-state index contributed by atoms with van der Waals surface area (Å²) in [5.74, 6) is 3.18. The van der Waals surface area contributed by atoms with E-state index in [4.69, 9.17) is 11.6 Å². The van der Waals surface area contributed by atoms with Crippen molar-refractivity contribution in [2.75, 3.05) is 0 Å². The molecule has 5 rings (SSSR count). The van der Waals surface area contributed by atoms with Crippen molar-refractivity contribution in [2.45, 2.75) is 90.3 Å². The summed E-state index contributed by atoms with van der Waals surface area (Å²) in [6.07, 6.45) is 13.9. The number of aliphatic hydroxyl groups excluding tert-OH is 1. The molecule has 0 spiro atoms. The number of pyridine rings is 1. The topological polar surface area (TPSA) is 53.4 Å². The van der Waals surface area contributed by atoms with Gasteiger partial charge >= 0.3 is 0 Å². The first-order chi connectivity index (χ1) is 14.2. The number of fused-ring (bicyclic) bond motifs is 5. The maximum Gasteiger partial charge on any atom is 0.0917 e. The Morgan fingerprint density at radius 2 is 1.77 bits per heavy atom. The first-order valence-corrected chi connectivity index (χ1v) is 12.6. The van der Waals surface area contributed by atoms with Crippen LogP contribution in [0.2, 0.25) is 5.02 Å². The Balaban J connectivity index is 1.44. The molecule has 4 aliphatic carbocycles. The van der Waals surface area contributed by atoms with Crippen LogP contribution in [0.1, 0.15) is 84.1 Å². The highest BCUT2D eigenvalue weighted by atomic mass is 35.5.